The van der Waals surface area contributed by atoms with Crippen LogP contribution in [0.3, 0.4) is 0 Å². The lowest BCUT2D eigenvalue weighted by molar-refractivity contribution is 0.487. The van der Waals surface area contributed by atoms with Crippen molar-refractivity contribution in [3.8, 4) is 0 Å². The number of aliphatic imine (C=N–C) groups is 1. The highest BCUT2D eigenvalue weighted by Crippen LogP contribution is 2.24. The first-order valence-corrected chi connectivity index (χ1v) is 5.99. The largest absolute Gasteiger partial charge is 0.370 e. The maximum absolute atomic E-state index is 5.83. The predicted molar refractivity (Wildman–Crippen MR) is 60.3 cm³/mol. The van der Waals surface area contributed by atoms with E-state index in [4.69, 9.17) is 5.73 Å². The molecule has 1 aliphatic rings. The highest BCUT2D eigenvalue weighted by molar-refractivity contribution is 7.99. The fourth-order valence-electron chi connectivity index (χ4n) is 1.06. The van der Waals surface area contributed by atoms with Crippen molar-refractivity contribution in [1.82, 2.24) is 4.90 Å². The van der Waals surface area contributed by atoms with E-state index in [0.717, 1.165) is 6.54 Å². The Morgan fingerprint density at radius 3 is 2.77 bits per heavy atom. The van der Waals surface area contributed by atoms with Crippen LogP contribution in [-0.2, 0) is 0 Å². The van der Waals surface area contributed by atoms with Crippen molar-refractivity contribution in [2.75, 3.05) is 19.8 Å². The zero-order valence-electron chi connectivity index (χ0n) is 8.66. The molecule has 1 aliphatic carbocycles. The molecule has 0 bridgehead atoms. The molecule has 0 aromatic rings. The topological polar surface area (TPSA) is 41.6 Å². The molecule has 0 spiro atoms. The van der Waals surface area contributed by atoms with Crippen LogP contribution in [0.15, 0.2) is 4.99 Å². The van der Waals surface area contributed by atoms with E-state index in [1.807, 2.05) is 18.8 Å². The molecular formula is C9H19N3S. The number of nitrogens with zero attached hydrogens (tertiary/aromatic N) is 2. The second-order valence-electron chi connectivity index (χ2n) is 3.59. The molecule has 1 atom stereocenters. The van der Waals surface area contributed by atoms with E-state index in [9.17, 15) is 0 Å². The second-order valence-corrected chi connectivity index (χ2v) is 4.86. The molecule has 0 aliphatic heterocycles. The first-order chi connectivity index (χ1) is 6.15. The highest BCUT2D eigenvalue weighted by Gasteiger charge is 2.27. The Balaban J connectivity index is 2.31. The lowest BCUT2D eigenvalue weighted by Crippen LogP contribution is -2.36. The van der Waals surface area contributed by atoms with Crippen molar-refractivity contribution < 1.29 is 0 Å². The fraction of sp³-hybridized carbons (Fsp3) is 0.889. The van der Waals surface area contributed by atoms with Crippen LogP contribution in [0, 0.1) is 0 Å². The summed E-state index contributed by atoms with van der Waals surface area (Å²) in [5.74, 6) is 0.698. The van der Waals surface area contributed by atoms with Gasteiger partial charge in [-0.05, 0) is 19.1 Å². The Bertz CT molecular complexity index is 189. The van der Waals surface area contributed by atoms with Crippen molar-refractivity contribution in [3.63, 3.8) is 0 Å². The SMILES string of the molecule is CSC(C)CN=C(N)N(C)C1CC1. The van der Waals surface area contributed by atoms with E-state index >= 15 is 0 Å². The lowest BCUT2D eigenvalue weighted by Gasteiger charge is -2.17. The smallest absolute Gasteiger partial charge is 0.191 e. The van der Waals surface area contributed by atoms with Crippen LogP contribution in [0.5, 0.6) is 0 Å². The Morgan fingerprint density at radius 1 is 1.69 bits per heavy atom. The molecule has 13 heavy (non-hydrogen) atoms. The molecule has 0 aromatic heterocycles. The van der Waals surface area contributed by atoms with E-state index in [0.29, 0.717) is 17.3 Å². The van der Waals surface area contributed by atoms with E-state index < -0.39 is 0 Å². The van der Waals surface area contributed by atoms with Crippen LogP contribution in [0.4, 0.5) is 0 Å². The Morgan fingerprint density at radius 2 is 2.31 bits per heavy atom. The zero-order chi connectivity index (χ0) is 9.84. The van der Waals surface area contributed by atoms with E-state index in [2.05, 4.69) is 23.1 Å². The molecule has 1 unspecified atom stereocenters. The molecule has 2 N–H and O–H groups in total. The number of hydrogen-bond acceptors (Lipinski definition) is 2. The van der Waals surface area contributed by atoms with Gasteiger partial charge in [0.15, 0.2) is 5.96 Å². The summed E-state index contributed by atoms with van der Waals surface area (Å²) in [6.45, 7) is 2.99. The van der Waals surface area contributed by atoms with Gasteiger partial charge in [0.05, 0.1) is 6.54 Å². The summed E-state index contributed by atoms with van der Waals surface area (Å²) < 4.78 is 0. The van der Waals surface area contributed by atoms with Gasteiger partial charge in [-0.15, -0.1) is 0 Å². The van der Waals surface area contributed by atoms with E-state index in [-0.39, 0.29) is 0 Å². The van der Waals surface area contributed by atoms with Gasteiger partial charge in [0.2, 0.25) is 0 Å². The minimum Gasteiger partial charge on any atom is -0.370 e. The van der Waals surface area contributed by atoms with Gasteiger partial charge in [0, 0.05) is 18.3 Å². The highest BCUT2D eigenvalue weighted by atomic mass is 32.2. The quantitative estimate of drug-likeness (QED) is 0.548. The molecule has 0 heterocycles. The van der Waals surface area contributed by atoms with Gasteiger partial charge in [0.1, 0.15) is 0 Å². The second kappa shape index (κ2) is 4.74. The molecular weight excluding hydrogens is 182 g/mol. The Hall–Kier alpha value is -0.380. The molecule has 1 saturated carbocycles. The van der Waals surface area contributed by atoms with Gasteiger partial charge in [-0.2, -0.15) is 11.8 Å². The van der Waals surface area contributed by atoms with Gasteiger partial charge in [-0.1, -0.05) is 6.92 Å². The summed E-state index contributed by atoms with van der Waals surface area (Å²) in [6.07, 6.45) is 4.64. The molecule has 3 nitrogen and oxygen atoms in total. The molecule has 0 saturated heterocycles. The molecule has 1 fully saturated rings. The standard InChI is InChI=1S/C9H19N3S/c1-7(13-3)6-11-9(10)12(2)8-4-5-8/h7-8H,4-6H2,1-3H3,(H2,10,11). The van der Waals surface area contributed by atoms with Crippen molar-refractivity contribution in [2.45, 2.75) is 31.1 Å². The van der Waals surface area contributed by atoms with Crippen LogP contribution in [0.1, 0.15) is 19.8 Å². The lowest BCUT2D eigenvalue weighted by atomic mass is 10.5. The summed E-state index contributed by atoms with van der Waals surface area (Å²) in [4.78, 5) is 6.45. The zero-order valence-corrected chi connectivity index (χ0v) is 9.47. The third kappa shape index (κ3) is 3.46. The van der Waals surface area contributed by atoms with E-state index in [1.165, 1.54) is 12.8 Å². The minimum atomic E-state index is 0.561. The summed E-state index contributed by atoms with van der Waals surface area (Å²) in [7, 11) is 2.03. The maximum Gasteiger partial charge on any atom is 0.191 e. The van der Waals surface area contributed by atoms with Crippen molar-refractivity contribution in [2.24, 2.45) is 10.7 Å². The Kier molecular flexibility index (Phi) is 3.90. The number of hydrogen-bond donors (Lipinski definition) is 1. The van der Waals surface area contributed by atoms with Gasteiger partial charge < -0.3 is 10.6 Å². The Labute approximate surface area is 84.8 Å². The molecule has 0 radical (unpaired) electrons. The summed E-state index contributed by atoms with van der Waals surface area (Å²) in [5, 5.41) is 0.561. The van der Waals surface area contributed by atoms with Gasteiger partial charge >= 0.3 is 0 Å². The first-order valence-electron chi connectivity index (χ1n) is 4.70. The predicted octanol–water partition coefficient (Wildman–Crippen LogP) is 1.15. The third-order valence-electron chi connectivity index (χ3n) is 2.37. The average molecular weight is 201 g/mol. The molecule has 0 amide bonds. The van der Waals surface area contributed by atoms with Crippen LogP contribution in [0.2, 0.25) is 0 Å². The van der Waals surface area contributed by atoms with Crippen molar-refractivity contribution in [3.05, 3.63) is 0 Å². The maximum atomic E-state index is 5.83. The number of nitrogens with two attached hydrogens (primary N) is 1. The monoisotopic (exact) mass is 201 g/mol. The summed E-state index contributed by atoms with van der Waals surface area (Å²) in [5.41, 5.74) is 5.83. The number of rotatable bonds is 4. The van der Waals surface area contributed by atoms with Crippen LogP contribution < -0.4 is 5.73 Å². The van der Waals surface area contributed by atoms with Gasteiger partial charge in [-0.25, -0.2) is 0 Å². The minimum absolute atomic E-state index is 0.561. The molecule has 4 heteroatoms. The molecule has 1 rings (SSSR count). The van der Waals surface area contributed by atoms with Crippen LogP contribution in [-0.4, -0.2) is 42.0 Å². The molecule has 76 valence electrons. The van der Waals surface area contributed by atoms with Gasteiger partial charge in [-0.3, -0.25) is 4.99 Å². The van der Waals surface area contributed by atoms with Crippen LogP contribution >= 0.6 is 11.8 Å². The normalized spacial score (nSPS) is 20.1. The van der Waals surface area contributed by atoms with Crippen molar-refractivity contribution >= 4 is 17.7 Å². The summed E-state index contributed by atoms with van der Waals surface area (Å²) in [6, 6.07) is 0.660. The number of guanidine groups is 1. The number of thioether (sulfide) groups is 1. The van der Waals surface area contributed by atoms with Crippen molar-refractivity contribution in [1.29, 1.82) is 0 Å². The third-order valence-corrected chi connectivity index (χ3v) is 3.32. The van der Waals surface area contributed by atoms with E-state index in [1.54, 1.807) is 0 Å². The molecule has 0 aromatic carbocycles. The average Bonchev–Trinajstić information content (AvgIpc) is 2.95. The summed E-state index contributed by atoms with van der Waals surface area (Å²) >= 11 is 1.82. The van der Waals surface area contributed by atoms with Gasteiger partial charge in [0.25, 0.3) is 0 Å². The fourth-order valence-corrected chi connectivity index (χ4v) is 1.28. The van der Waals surface area contributed by atoms with Crippen LogP contribution in [0.25, 0.3) is 0 Å². The first kappa shape index (κ1) is 10.7.